The summed E-state index contributed by atoms with van der Waals surface area (Å²) in [4.78, 5) is 15.7. The van der Waals surface area contributed by atoms with E-state index in [0.717, 1.165) is 5.56 Å². The molecule has 2 aromatic carbocycles. The van der Waals surface area contributed by atoms with E-state index in [1.807, 2.05) is 27.4 Å². The number of rotatable bonds is 5. The van der Waals surface area contributed by atoms with Gasteiger partial charge in [0.2, 0.25) is 5.75 Å². The summed E-state index contributed by atoms with van der Waals surface area (Å²) < 4.78 is 36.7. The number of piperazine rings is 1. The van der Waals surface area contributed by atoms with Crippen LogP contribution in [0.2, 0.25) is 5.02 Å². The Bertz CT molecular complexity index is 1270. The number of aryl methyl sites for hydroxylation is 1. The summed E-state index contributed by atoms with van der Waals surface area (Å²) in [6.07, 6.45) is 2.22. The number of anilines is 1. The third-order valence-corrected chi connectivity index (χ3v) is 7.88. The predicted octanol–water partition coefficient (Wildman–Crippen LogP) is 3.71. The lowest BCUT2D eigenvalue weighted by Crippen LogP contribution is -2.49. The number of fused-ring (bicyclic) bond motifs is 1. The quantitative estimate of drug-likeness (QED) is 0.481. The van der Waals surface area contributed by atoms with Gasteiger partial charge in [0, 0.05) is 29.5 Å². The van der Waals surface area contributed by atoms with E-state index in [4.69, 9.17) is 16.3 Å². The average Bonchev–Trinajstić information content (AvgIpc) is 2.87. The van der Waals surface area contributed by atoms with Crippen LogP contribution in [0.3, 0.4) is 0 Å². The average molecular weight is 517 g/mol. The third kappa shape index (κ3) is 4.91. The highest BCUT2D eigenvalue weighted by atomic mass is 35.5. The Labute approximate surface area is 211 Å². The number of ether oxygens (including phenoxy) is 1. The molecule has 10 heteroatoms. The molecule has 7 nitrogen and oxygen atoms in total. The van der Waals surface area contributed by atoms with Crippen molar-refractivity contribution in [3.8, 4) is 11.4 Å². The van der Waals surface area contributed by atoms with E-state index in [2.05, 4.69) is 5.10 Å². The van der Waals surface area contributed by atoms with Crippen LogP contribution in [0.5, 0.6) is 5.75 Å². The van der Waals surface area contributed by atoms with Gasteiger partial charge in [-0.25, -0.2) is 4.39 Å². The van der Waals surface area contributed by atoms with E-state index in [1.54, 1.807) is 42.8 Å². The number of hydrogen-bond acceptors (Lipinski definition) is 6. The first-order chi connectivity index (χ1) is 16.9. The molecule has 184 valence electrons. The molecule has 1 saturated heterocycles. The van der Waals surface area contributed by atoms with Crippen LogP contribution < -0.4 is 15.2 Å². The van der Waals surface area contributed by atoms with Crippen LogP contribution in [0.4, 0.5) is 10.1 Å². The highest BCUT2D eigenvalue weighted by Crippen LogP contribution is 2.37. The Morgan fingerprint density at radius 3 is 2.66 bits per heavy atom. The fourth-order valence-corrected chi connectivity index (χ4v) is 5.55. The fraction of sp³-hybridized carbons (Fsp3) is 0.360. The summed E-state index contributed by atoms with van der Waals surface area (Å²) in [5.74, 6) is 0.0677. The summed E-state index contributed by atoms with van der Waals surface area (Å²) in [5.41, 5.74) is 2.11. The Kier molecular flexibility index (Phi) is 7.02. The minimum Gasteiger partial charge on any atom is -0.598 e. The zero-order chi connectivity index (χ0) is 24.5. The first kappa shape index (κ1) is 24.1. The van der Waals surface area contributed by atoms with Crippen molar-refractivity contribution in [3.05, 3.63) is 81.2 Å². The summed E-state index contributed by atoms with van der Waals surface area (Å²) in [6, 6.07) is 14.2. The maximum absolute atomic E-state index is 15.5. The topological polar surface area (TPSA) is 73.7 Å². The number of nitrogens with zero attached hydrogens (tertiary/aromatic N) is 4. The van der Waals surface area contributed by atoms with Crippen molar-refractivity contribution < 1.29 is 13.7 Å². The molecule has 3 unspecified atom stereocenters. The van der Waals surface area contributed by atoms with Gasteiger partial charge in [-0.05, 0) is 42.2 Å². The second-order valence-electron chi connectivity index (χ2n) is 8.69. The summed E-state index contributed by atoms with van der Waals surface area (Å²) >= 11 is 5.08. The van der Waals surface area contributed by atoms with Crippen molar-refractivity contribution in [1.29, 1.82) is 0 Å². The molecular weight excluding hydrogens is 491 g/mol. The Hall–Kier alpha value is -2.59. The molecule has 0 N–H and O–H groups in total. The van der Waals surface area contributed by atoms with Gasteiger partial charge in [-0.3, -0.25) is 4.79 Å². The van der Waals surface area contributed by atoms with Gasteiger partial charge in [0.1, 0.15) is 18.0 Å². The van der Waals surface area contributed by atoms with E-state index in [9.17, 15) is 9.35 Å². The van der Waals surface area contributed by atoms with Gasteiger partial charge in [-0.1, -0.05) is 41.9 Å². The fourth-order valence-electron chi connectivity index (χ4n) is 4.69. The standard InChI is InChI=1S/C25H26ClFN4O3S/c1-35(33)30-13-11-29(12-14-30)21-16-28-31(19-7-4-6-18(26)15-19)25(32)24(21)34-22-10-9-17-5-2-3-8-20(17)23(22)27/h2-8,15-16,22-23H,9-14H2,1H3. The van der Waals surface area contributed by atoms with E-state index in [-0.39, 0.29) is 5.75 Å². The molecule has 2 aliphatic rings. The van der Waals surface area contributed by atoms with Crippen molar-refractivity contribution in [1.82, 2.24) is 14.1 Å². The van der Waals surface area contributed by atoms with Crippen LogP contribution in [0.1, 0.15) is 23.7 Å². The molecule has 0 amide bonds. The third-order valence-electron chi connectivity index (χ3n) is 6.56. The lowest BCUT2D eigenvalue weighted by Gasteiger charge is -2.36. The van der Waals surface area contributed by atoms with Gasteiger partial charge in [0.05, 0.1) is 25.0 Å². The zero-order valence-corrected chi connectivity index (χ0v) is 20.8. The van der Waals surface area contributed by atoms with Crippen molar-refractivity contribution in [2.45, 2.75) is 25.1 Å². The minimum atomic E-state index is -1.35. The predicted molar refractivity (Wildman–Crippen MR) is 136 cm³/mol. The zero-order valence-electron chi connectivity index (χ0n) is 19.3. The number of halogens is 2. The molecule has 1 aliphatic heterocycles. The number of aromatic nitrogens is 2. The van der Waals surface area contributed by atoms with Crippen LogP contribution in [0.15, 0.2) is 59.5 Å². The molecule has 0 spiro atoms. The summed E-state index contributed by atoms with van der Waals surface area (Å²) in [5, 5.41) is 4.86. The van der Waals surface area contributed by atoms with Gasteiger partial charge in [0.25, 0.3) is 0 Å². The number of benzene rings is 2. The number of hydrogen-bond donors (Lipinski definition) is 0. The van der Waals surface area contributed by atoms with Crippen molar-refractivity contribution in [2.24, 2.45) is 0 Å². The lowest BCUT2D eigenvalue weighted by atomic mass is 9.88. The summed E-state index contributed by atoms with van der Waals surface area (Å²) in [6.45, 7) is 2.24. The van der Waals surface area contributed by atoms with E-state index in [1.165, 1.54) is 4.68 Å². The van der Waals surface area contributed by atoms with Crippen molar-refractivity contribution in [3.63, 3.8) is 0 Å². The first-order valence-electron chi connectivity index (χ1n) is 11.5. The highest BCUT2D eigenvalue weighted by Gasteiger charge is 2.34. The van der Waals surface area contributed by atoms with Crippen molar-refractivity contribution >= 4 is 28.7 Å². The van der Waals surface area contributed by atoms with Gasteiger partial charge >= 0.3 is 5.56 Å². The molecule has 1 aliphatic carbocycles. The van der Waals surface area contributed by atoms with Gasteiger partial charge in [-0.2, -0.15) is 9.78 Å². The Morgan fingerprint density at radius 1 is 1.14 bits per heavy atom. The largest absolute Gasteiger partial charge is 0.598 e. The second-order valence-corrected chi connectivity index (χ2v) is 10.5. The maximum atomic E-state index is 15.5. The maximum Gasteiger partial charge on any atom is 0.316 e. The molecule has 1 aromatic heterocycles. The smallest absolute Gasteiger partial charge is 0.316 e. The molecule has 3 atom stereocenters. The van der Waals surface area contributed by atoms with Crippen molar-refractivity contribution in [2.75, 3.05) is 37.3 Å². The van der Waals surface area contributed by atoms with Crippen LogP contribution in [-0.2, 0) is 17.8 Å². The molecule has 0 bridgehead atoms. The van der Waals surface area contributed by atoms with Gasteiger partial charge < -0.3 is 14.2 Å². The van der Waals surface area contributed by atoms with Crippen LogP contribution >= 0.6 is 11.6 Å². The molecule has 1 fully saturated rings. The molecule has 2 heterocycles. The number of alkyl halides is 1. The highest BCUT2D eigenvalue weighted by molar-refractivity contribution is 7.88. The molecule has 3 aromatic rings. The van der Waals surface area contributed by atoms with E-state index < -0.39 is 29.2 Å². The minimum absolute atomic E-state index is 0.0677. The molecule has 0 saturated carbocycles. The normalized spacial score (nSPS) is 21.4. The van der Waals surface area contributed by atoms with E-state index in [0.29, 0.717) is 61.0 Å². The molecule has 0 radical (unpaired) electrons. The summed E-state index contributed by atoms with van der Waals surface area (Å²) in [7, 11) is 0. The van der Waals surface area contributed by atoms with Gasteiger partial charge in [-0.15, -0.1) is 4.31 Å². The molecular formula is C25H26ClFN4O3S. The molecule has 5 rings (SSSR count). The first-order valence-corrected chi connectivity index (χ1v) is 13.4. The lowest BCUT2D eigenvalue weighted by molar-refractivity contribution is 0.0823. The van der Waals surface area contributed by atoms with E-state index >= 15 is 4.39 Å². The Balaban J connectivity index is 1.52. The van der Waals surface area contributed by atoms with Crippen LogP contribution in [0, 0.1) is 0 Å². The second kappa shape index (κ2) is 10.2. The van der Waals surface area contributed by atoms with Crippen LogP contribution in [-0.4, -0.2) is 57.2 Å². The Morgan fingerprint density at radius 2 is 1.91 bits per heavy atom. The van der Waals surface area contributed by atoms with Crippen LogP contribution in [0.25, 0.3) is 5.69 Å². The molecule has 35 heavy (non-hydrogen) atoms. The monoisotopic (exact) mass is 516 g/mol. The SMILES string of the molecule is C[S+]([O-])N1CCN(c2cnn(-c3cccc(Cl)c3)c(=O)c2OC2CCc3ccccc3C2F)CC1. The van der Waals surface area contributed by atoms with Gasteiger partial charge in [0.15, 0.2) is 6.17 Å².